The standard InChI is InChI=1S/C37H33ClF7N7O4S/c1-18-15-36(41,42)33-28(18)32(37(43,44)45)48-52(33)16-27(54)47-26(13-19-11-20(39)14-21(40)12-19)30-23(6-5-22(46-30)9-10-35(2,55)17-53)24-7-8-25(38)29-31(24)51(3)49-34(29)50-57(4)56/h5-8,11-12,14,18,26,53,55H,13,15-17H2,1-4H3,(H,47,54)(H,49,50)/t18-,26?,35?,57?/m0/s1. The van der Waals surface area contributed by atoms with Gasteiger partial charge >= 0.3 is 6.18 Å². The minimum atomic E-state index is -5.11. The van der Waals surface area contributed by atoms with Crippen LogP contribution in [0.25, 0.3) is 22.0 Å². The normalized spacial score (nSPS) is 17.1. The van der Waals surface area contributed by atoms with Crippen LogP contribution in [-0.2, 0) is 48.3 Å². The molecule has 1 aliphatic carbocycles. The van der Waals surface area contributed by atoms with Crippen LogP contribution in [0.1, 0.15) is 66.1 Å². The molecule has 0 saturated heterocycles. The molecule has 6 rings (SSSR count). The van der Waals surface area contributed by atoms with Gasteiger partial charge in [-0.05, 0) is 61.1 Å². The number of aromatic nitrogens is 5. The van der Waals surface area contributed by atoms with Crippen LogP contribution in [0.4, 0.5) is 36.6 Å². The number of alkyl halides is 5. The molecule has 3 aromatic heterocycles. The number of fused-ring (bicyclic) bond motifs is 2. The average molecular weight is 840 g/mol. The first-order chi connectivity index (χ1) is 26.6. The van der Waals surface area contributed by atoms with Crippen molar-refractivity contribution in [3.63, 3.8) is 0 Å². The number of pyridine rings is 1. The number of rotatable bonds is 10. The van der Waals surface area contributed by atoms with Gasteiger partial charge in [-0.2, -0.15) is 36.9 Å². The summed E-state index contributed by atoms with van der Waals surface area (Å²) in [5, 5.41) is 30.9. The molecule has 0 aliphatic heterocycles. The Hall–Kier alpha value is -4.87. The van der Waals surface area contributed by atoms with Gasteiger partial charge in [0.15, 0.2) is 5.69 Å². The molecular weight excluding hydrogens is 807 g/mol. The van der Waals surface area contributed by atoms with Crippen molar-refractivity contribution < 1.29 is 50.3 Å². The fourth-order valence-electron chi connectivity index (χ4n) is 6.87. The quantitative estimate of drug-likeness (QED) is 0.0729. The van der Waals surface area contributed by atoms with E-state index in [-0.39, 0.29) is 33.4 Å². The molecule has 11 nitrogen and oxygen atoms in total. The predicted molar refractivity (Wildman–Crippen MR) is 196 cm³/mol. The first-order valence-electron chi connectivity index (χ1n) is 17.0. The maximum absolute atomic E-state index is 15.2. The van der Waals surface area contributed by atoms with Gasteiger partial charge in [0.25, 0.3) is 5.92 Å². The van der Waals surface area contributed by atoms with Crippen molar-refractivity contribution >= 4 is 45.6 Å². The number of amides is 1. The highest BCUT2D eigenvalue weighted by Crippen LogP contribution is 2.52. The lowest BCUT2D eigenvalue weighted by Gasteiger charge is -2.23. The molecule has 1 amide bonds. The van der Waals surface area contributed by atoms with E-state index in [9.17, 15) is 41.5 Å². The molecule has 0 saturated carbocycles. The van der Waals surface area contributed by atoms with Crippen molar-refractivity contribution in [2.24, 2.45) is 7.05 Å². The molecule has 20 heteroatoms. The second-order valence-corrected chi connectivity index (χ2v) is 15.4. The predicted octanol–water partition coefficient (Wildman–Crippen LogP) is 6.28. The van der Waals surface area contributed by atoms with Crippen LogP contribution in [0.15, 0.2) is 42.5 Å². The van der Waals surface area contributed by atoms with Gasteiger partial charge in [0.2, 0.25) is 11.7 Å². The lowest BCUT2D eigenvalue weighted by molar-refractivity contribution is -0.142. The Kier molecular flexibility index (Phi) is 11.3. The summed E-state index contributed by atoms with van der Waals surface area (Å²) in [4.78, 5) is 18.5. The van der Waals surface area contributed by atoms with Gasteiger partial charge in [-0.25, -0.2) is 13.8 Å². The zero-order valence-corrected chi connectivity index (χ0v) is 32.0. The maximum Gasteiger partial charge on any atom is 0.435 e. The van der Waals surface area contributed by atoms with Crippen LogP contribution in [0, 0.1) is 23.5 Å². The third-order valence-electron chi connectivity index (χ3n) is 9.14. The average Bonchev–Trinajstić information content (AvgIpc) is 3.72. The van der Waals surface area contributed by atoms with Gasteiger partial charge in [-0.1, -0.05) is 30.5 Å². The van der Waals surface area contributed by atoms with Gasteiger partial charge in [-0.3, -0.25) is 14.2 Å². The van der Waals surface area contributed by atoms with E-state index in [0.29, 0.717) is 27.2 Å². The number of aryl methyl sites for hydroxylation is 1. The Bertz CT molecular complexity index is 2420. The number of carbonyl (C=O) groups excluding carboxylic acids is 1. The zero-order valence-electron chi connectivity index (χ0n) is 30.4. The Morgan fingerprint density at radius 2 is 1.81 bits per heavy atom. The summed E-state index contributed by atoms with van der Waals surface area (Å²) in [6, 6.07) is 7.21. The number of nitrogens with one attached hydrogen (secondary N) is 2. The van der Waals surface area contributed by atoms with E-state index in [2.05, 4.69) is 37.1 Å². The van der Waals surface area contributed by atoms with Crippen LogP contribution >= 0.6 is 11.6 Å². The topological polar surface area (TPSA) is 153 Å². The van der Waals surface area contributed by atoms with E-state index in [4.69, 9.17) is 11.6 Å². The van der Waals surface area contributed by atoms with E-state index in [1.165, 1.54) is 43.0 Å². The van der Waals surface area contributed by atoms with E-state index in [1.807, 2.05) is 0 Å². The summed E-state index contributed by atoms with van der Waals surface area (Å²) in [5.41, 5.74) is -4.29. The Balaban J connectivity index is 1.54. The lowest BCUT2D eigenvalue weighted by Crippen LogP contribution is -2.35. The summed E-state index contributed by atoms with van der Waals surface area (Å²) in [5.74, 6) is -2.77. The van der Waals surface area contributed by atoms with E-state index >= 15 is 8.78 Å². The first-order valence-corrected chi connectivity index (χ1v) is 19.0. The number of hydrogen-bond donors (Lipinski definition) is 4. The van der Waals surface area contributed by atoms with Gasteiger partial charge in [0, 0.05) is 36.2 Å². The molecule has 302 valence electrons. The van der Waals surface area contributed by atoms with Crippen LogP contribution in [0.5, 0.6) is 0 Å². The summed E-state index contributed by atoms with van der Waals surface area (Å²) in [6.45, 7) is 0.578. The van der Waals surface area contributed by atoms with Crippen LogP contribution in [-0.4, -0.2) is 63.7 Å². The van der Waals surface area contributed by atoms with Crippen molar-refractivity contribution in [3.05, 3.63) is 93.0 Å². The molecule has 4 N–H and O–H groups in total. The third kappa shape index (κ3) is 8.70. The minimum Gasteiger partial charge on any atom is -0.593 e. The van der Waals surface area contributed by atoms with Crippen LogP contribution < -0.4 is 10.0 Å². The van der Waals surface area contributed by atoms with Crippen molar-refractivity contribution in [2.45, 2.75) is 62.9 Å². The third-order valence-corrected chi connectivity index (χ3v) is 9.94. The molecule has 4 atom stereocenters. The summed E-state index contributed by atoms with van der Waals surface area (Å²) in [7, 11) is 1.57. The molecule has 3 unspecified atom stereocenters. The summed E-state index contributed by atoms with van der Waals surface area (Å²) >= 11 is 5.01. The number of nitrogens with zero attached hydrogens (tertiary/aromatic N) is 5. The number of benzene rings is 2. The molecule has 2 aromatic carbocycles. The van der Waals surface area contributed by atoms with Gasteiger partial charge in [-0.15, -0.1) is 0 Å². The molecule has 0 bridgehead atoms. The molecule has 0 spiro atoms. The smallest absolute Gasteiger partial charge is 0.435 e. The van der Waals surface area contributed by atoms with Gasteiger partial charge < -0.3 is 20.1 Å². The molecule has 57 heavy (non-hydrogen) atoms. The monoisotopic (exact) mass is 839 g/mol. The number of anilines is 1. The van der Waals surface area contributed by atoms with E-state index in [1.54, 1.807) is 13.1 Å². The fraction of sp³-hybridized carbons (Fsp3) is 0.351. The highest BCUT2D eigenvalue weighted by atomic mass is 35.5. The SMILES string of the molecule is C[C@H]1CC(F)(F)c2c1c(C(F)(F)F)nn2CC(=O)NC(Cc1cc(F)cc(F)c1)c1nc(C#CC(C)(O)CO)ccc1-c1ccc(Cl)c2c(N[S+](C)[O-])nn(C)c12. The number of halogens is 8. The van der Waals surface area contributed by atoms with Crippen LogP contribution in [0.3, 0.4) is 0 Å². The van der Waals surface area contributed by atoms with Crippen molar-refractivity contribution in [1.29, 1.82) is 0 Å². The molecule has 0 radical (unpaired) electrons. The van der Waals surface area contributed by atoms with E-state index < -0.39 is 102 Å². The molecular formula is C37H33ClF7N7O4S. The van der Waals surface area contributed by atoms with Gasteiger partial charge in [0.1, 0.15) is 41.4 Å². The zero-order chi connectivity index (χ0) is 41.8. The largest absolute Gasteiger partial charge is 0.593 e. The number of aliphatic hydroxyl groups is 2. The summed E-state index contributed by atoms with van der Waals surface area (Å²) < 4.78 is 118. The Labute approximate surface area is 328 Å². The maximum atomic E-state index is 15.2. The second-order valence-electron chi connectivity index (χ2n) is 13.8. The highest BCUT2D eigenvalue weighted by Gasteiger charge is 2.53. The molecule has 5 aromatic rings. The summed E-state index contributed by atoms with van der Waals surface area (Å²) in [6.07, 6.45) is -5.08. The van der Waals surface area contributed by atoms with Crippen molar-refractivity contribution in [1.82, 2.24) is 29.9 Å². The molecule has 1 aliphatic rings. The van der Waals surface area contributed by atoms with E-state index in [0.717, 1.165) is 12.1 Å². The van der Waals surface area contributed by atoms with Crippen molar-refractivity contribution in [3.8, 4) is 23.0 Å². The lowest BCUT2D eigenvalue weighted by atomic mass is 9.93. The number of carbonyl (C=O) groups is 1. The minimum absolute atomic E-state index is 0.0105. The molecule has 3 heterocycles. The first kappa shape index (κ1) is 41.8. The fourth-order valence-corrected chi connectivity index (χ4v) is 7.53. The Morgan fingerprint density at radius 3 is 2.44 bits per heavy atom. The van der Waals surface area contributed by atoms with Crippen LogP contribution in [0.2, 0.25) is 5.02 Å². The number of hydrogen-bond acceptors (Lipinski definition) is 8. The van der Waals surface area contributed by atoms with Gasteiger partial charge in [0.05, 0.1) is 45.6 Å². The molecule has 0 fully saturated rings. The Morgan fingerprint density at radius 1 is 1.14 bits per heavy atom. The highest BCUT2D eigenvalue weighted by molar-refractivity contribution is 7.92. The number of aliphatic hydroxyl groups excluding tert-OH is 1. The second kappa shape index (κ2) is 15.5. The van der Waals surface area contributed by atoms with Crippen molar-refractivity contribution in [2.75, 3.05) is 17.6 Å².